The molecule has 1 saturated heterocycles. The van der Waals surface area contributed by atoms with Gasteiger partial charge in [-0.05, 0) is 18.8 Å². The summed E-state index contributed by atoms with van der Waals surface area (Å²) < 4.78 is 16.8. The van der Waals surface area contributed by atoms with Crippen molar-refractivity contribution in [3.05, 3.63) is 23.5 Å². The largest absolute Gasteiger partial charge is 0.425 e. The molecule has 1 aliphatic rings. The number of hydrogen-bond acceptors (Lipinski definition) is 7. The maximum atomic E-state index is 5.86. The molecule has 1 aliphatic heterocycles. The Kier molecular flexibility index (Phi) is 3.99. The Morgan fingerprint density at radius 2 is 1.91 bits per heavy atom. The Balaban J connectivity index is 1.65. The van der Waals surface area contributed by atoms with Crippen LogP contribution < -0.4 is 0 Å². The molecule has 2 aromatic rings. The van der Waals surface area contributed by atoms with Crippen LogP contribution in [0.3, 0.4) is 0 Å². The Morgan fingerprint density at radius 3 is 2.59 bits per heavy atom. The quantitative estimate of drug-likeness (QED) is 0.857. The number of hydrogen-bond donors (Lipinski definition) is 0. The van der Waals surface area contributed by atoms with E-state index in [0.717, 1.165) is 13.0 Å². The standard InChI is InChI=1S/C15H22N4O3/c1-9-16-11(22-19-9)5-6-12-17-18-14(21-12)10-7-8-20-13(10)15(2,3)4/h10,13H,5-8H2,1-4H3/t10-,13-/m0/s1. The molecule has 0 N–H and O–H groups in total. The van der Waals surface area contributed by atoms with E-state index in [4.69, 9.17) is 13.7 Å². The molecule has 0 spiro atoms. The zero-order chi connectivity index (χ0) is 15.7. The van der Waals surface area contributed by atoms with E-state index in [0.29, 0.717) is 36.3 Å². The second-order valence-electron chi connectivity index (χ2n) is 6.82. The molecule has 0 bridgehead atoms. The second kappa shape index (κ2) is 5.79. The Bertz CT molecular complexity index is 629. The van der Waals surface area contributed by atoms with E-state index in [9.17, 15) is 0 Å². The van der Waals surface area contributed by atoms with Crippen LogP contribution in [0.15, 0.2) is 8.94 Å². The van der Waals surface area contributed by atoms with Crippen LogP contribution in [-0.4, -0.2) is 33.0 Å². The molecule has 3 rings (SSSR count). The van der Waals surface area contributed by atoms with Gasteiger partial charge >= 0.3 is 0 Å². The fourth-order valence-electron chi connectivity index (χ4n) is 2.87. The average molecular weight is 306 g/mol. The van der Waals surface area contributed by atoms with E-state index in [1.807, 2.05) is 0 Å². The Labute approximate surface area is 129 Å². The lowest BCUT2D eigenvalue weighted by molar-refractivity contribution is 0.0170. The summed E-state index contributed by atoms with van der Waals surface area (Å²) >= 11 is 0. The zero-order valence-corrected chi connectivity index (χ0v) is 13.5. The minimum atomic E-state index is 0.0527. The van der Waals surface area contributed by atoms with Crippen LogP contribution >= 0.6 is 0 Å². The normalized spacial score (nSPS) is 22.4. The van der Waals surface area contributed by atoms with Crippen molar-refractivity contribution in [1.29, 1.82) is 0 Å². The first-order valence-corrected chi connectivity index (χ1v) is 7.66. The summed E-state index contributed by atoms with van der Waals surface area (Å²) in [5.74, 6) is 2.68. The molecule has 0 saturated carbocycles. The molecule has 0 radical (unpaired) electrons. The van der Waals surface area contributed by atoms with Gasteiger partial charge in [-0.3, -0.25) is 0 Å². The lowest BCUT2D eigenvalue weighted by Crippen LogP contribution is -2.30. The molecular weight excluding hydrogens is 284 g/mol. The van der Waals surface area contributed by atoms with Gasteiger partial charge in [-0.25, -0.2) is 0 Å². The number of aromatic nitrogens is 4. The minimum absolute atomic E-state index is 0.0527. The van der Waals surface area contributed by atoms with Gasteiger partial charge in [-0.15, -0.1) is 10.2 Å². The predicted molar refractivity (Wildman–Crippen MR) is 77.3 cm³/mol. The lowest BCUT2D eigenvalue weighted by Gasteiger charge is -2.29. The van der Waals surface area contributed by atoms with E-state index in [2.05, 4.69) is 41.1 Å². The molecule has 0 aliphatic carbocycles. The van der Waals surface area contributed by atoms with Crippen LogP contribution in [0.2, 0.25) is 0 Å². The highest BCUT2D eigenvalue weighted by Gasteiger charge is 2.41. The Hall–Kier alpha value is -1.76. The second-order valence-corrected chi connectivity index (χ2v) is 6.82. The highest BCUT2D eigenvalue weighted by molar-refractivity contribution is 5.02. The van der Waals surface area contributed by atoms with Crippen LogP contribution in [0, 0.1) is 12.3 Å². The summed E-state index contributed by atoms with van der Waals surface area (Å²) in [5.41, 5.74) is 0.0527. The van der Waals surface area contributed by atoms with E-state index in [-0.39, 0.29) is 17.4 Å². The number of ether oxygens (including phenoxy) is 1. The summed E-state index contributed by atoms with van der Waals surface area (Å²) in [6.07, 6.45) is 2.24. The van der Waals surface area contributed by atoms with Crippen molar-refractivity contribution < 1.29 is 13.7 Å². The van der Waals surface area contributed by atoms with Gasteiger partial charge in [-0.2, -0.15) is 4.98 Å². The number of nitrogens with zero attached hydrogens (tertiary/aromatic N) is 4. The molecule has 0 unspecified atom stereocenters. The third kappa shape index (κ3) is 3.19. The SMILES string of the molecule is Cc1noc(CCc2nnc([C@H]3CCO[C@@H]3C(C)(C)C)o2)n1. The number of rotatable bonds is 4. The zero-order valence-electron chi connectivity index (χ0n) is 13.5. The molecule has 7 heteroatoms. The summed E-state index contributed by atoms with van der Waals surface area (Å²) in [6.45, 7) is 9.05. The highest BCUT2D eigenvalue weighted by atomic mass is 16.5. The van der Waals surface area contributed by atoms with Gasteiger partial charge in [0, 0.05) is 19.4 Å². The van der Waals surface area contributed by atoms with E-state index >= 15 is 0 Å². The maximum absolute atomic E-state index is 5.86. The lowest BCUT2D eigenvalue weighted by atomic mass is 9.81. The van der Waals surface area contributed by atoms with Crippen molar-refractivity contribution in [2.45, 2.75) is 59.0 Å². The molecule has 2 aromatic heterocycles. The van der Waals surface area contributed by atoms with E-state index < -0.39 is 0 Å². The minimum Gasteiger partial charge on any atom is -0.425 e. The molecule has 22 heavy (non-hydrogen) atoms. The molecule has 1 fully saturated rings. The number of aryl methyl sites for hydroxylation is 3. The van der Waals surface area contributed by atoms with Crippen LogP contribution in [0.5, 0.6) is 0 Å². The topological polar surface area (TPSA) is 87.1 Å². The van der Waals surface area contributed by atoms with Gasteiger partial charge in [-0.1, -0.05) is 25.9 Å². The van der Waals surface area contributed by atoms with E-state index in [1.54, 1.807) is 6.92 Å². The highest BCUT2D eigenvalue weighted by Crippen LogP contribution is 2.40. The van der Waals surface area contributed by atoms with Crippen molar-refractivity contribution in [2.75, 3.05) is 6.61 Å². The fourth-order valence-corrected chi connectivity index (χ4v) is 2.87. The first kappa shape index (κ1) is 15.1. The molecule has 0 amide bonds. The van der Waals surface area contributed by atoms with Gasteiger partial charge < -0.3 is 13.7 Å². The van der Waals surface area contributed by atoms with Gasteiger partial charge in [0.25, 0.3) is 0 Å². The molecule has 0 aromatic carbocycles. The van der Waals surface area contributed by atoms with Gasteiger partial charge in [0.05, 0.1) is 12.0 Å². The van der Waals surface area contributed by atoms with Crippen molar-refractivity contribution in [2.24, 2.45) is 5.41 Å². The molecule has 3 heterocycles. The van der Waals surface area contributed by atoms with Crippen molar-refractivity contribution in [1.82, 2.24) is 20.3 Å². The maximum Gasteiger partial charge on any atom is 0.227 e. The molecule has 2 atom stereocenters. The van der Waals surface area contributed by atoms with Crippen LogP contribution in [0.25, 0.3) is 0 Å². The van der Waals surface area contributed by atoms with Gasteiger partial charge in [0.1, 0.15) is 0 Å². The van der Waals surface area contributed by atoms with Crippen LogP contribution in [-0.2, 0) is 17.6 Å². The Morgan fingerprint density at radius 1 is 1.14 bits per heavy atom. The molecule has 7 nitrogen and oxygen atoms in total. The third-order valence-electron chi connectivity index (χ3n) is 3.87. The van der Waals surface area contributed by atoms with Crippen LogP contribution in [0.4, 0.5) is 0 Å². The third-order valence-corrected chi connectivity index (χ3v) is 3.87. The summed E-state index contributed by atoms with van der Waals surface area (Å²) in [7, 11) is 0. The van der Waals surface area contributed by atoms with Crippen molar-refractivity contribution >= 4 is 0 Å². The van der Waals surface area contributed by atoms with Crippen molar-refractivity contribution in [3.8, 4) is 0 Å². The monoisotopic (exact) mass is 306 g/mol. The summed E-state index contributed by atoms with van der Waals surface area (Å²) in [4.78, 5) is 4.17. The van der Waals surface area contributed by atoms with Crippen LogP contribution in [0.1, 0.15) is 56.6 Å². The molecule has 120 valence electrons. The predicted octanol–water partition coefficient (Wildman–Crippen LogP) is 2.46. The first-order chi connectivity index (χ1) is 10.4. The van der Waals surface area contributed by atoms with Gasteiger partial charge in [0.2, 0.25) is 17.7 Å². The van der Waals surface area contributed by atoms with E-state index in [1.165, 1.54) is 0 Å². The summed E-state index contributed by atoms with van der Waals surface area (Å²) in [6, 6.07) is 0. The van der Waals surface area contributed by atoms with Gasteiger partial charge in [0.15, 0.2) is 5.82 Å². The molecular formula is C15H22N4O3. The van der Waals surface area contributed by atoms with Crippen molar-refractivity contribution in [3.63, 3.8) is 0 Å². The summed E-state index contributed by atoms with van der Waals surface area (Å²) in [5, 5.41) is 12.1. The average Bonchev–Trinajstić information content (AvgIpc) is 3.15. The fraction of sp³-hybridized carbons (Fsp3) is 0.733. The first-order valence-electron chi connectivity index (χ1n) is 7.66. The smallest absolute Gasteiger partial charge is 0.227 e.